The number of hydrogen-bond acceptors (Lipinski definition) is 5. The van der Waals surface area contributed by atoms with Crippen molar-refractivity contribution in [2.75, 3.05) is 13.1 Å². The zero-order chi connectivity index (χ0) is 10.7. The van der Waals surface area contributed by atoms with Crippen LogP contribution in [0.2, 0.25) is 0 Å². The van der Waals surface area contributed by atoms with Gasteiger partial charge in [-0.05, 0) is 32.2 Å². The van der Waals surface area contributed by atoms with Crippen LogP contribution < -0.4 is 5.73 Å². The van der Waals surface area contributed by atoms with E-state index < -0.39 is 0 Å². The van der Waals surface area contributed by atoms with Crippen LogP contribution in [0.1, 0.15) is 25.7 Å². The molecule has 0 radical (unpaired) electrons. The molecular formula is C10H18N4O. The van der Waals surface area contributed by atoms with Gasteiger partial charge in [-0.1, -0.05) is 5.16 Å². The highest BCUT2D eigenvalue weighted by atomic mass is 16.5. The molecule has 1 aromatic heterocycles. The molecule has 0 spiro atoms. The summed E-state index contributed by atoms with van der Waals surface area (Å²) in [6.45, 7) is 4.98. The largest absolute Gasteiger partial charge is 0.338 e. The van der Waals surface area contributed by atoms with Crippen LogP contribution in [0.4, 0.5) is 0 Å². The van der Waals surface area contributed by atoms with Gasteiger partial charge in [-0.25, -0.2) is 0 Å². The molecule has 2 atom stereocenters. The zero-order valence-corrected chi connectivity index (χ0v) is 9.09. The predicted molar refractivity (Wildman–Crippen MR) is 55.9 cm³/mol. The molecule has 1 aliphatic rings. The summed E-state index contributed by atoms with van der Waals surface area (Å²) >= 11 is 0. The maximum atomic E-state index is 5.92. The first-order chi connectivity index (χ1) is 7.25. The van der Waals surface area contributed by atoms with Crippen molar-refractivity contribution < 1.29 is 4.52 Å². The second kappa shape index (κ2) is 4.72. The highest BCUT2D eigenvalue weighted by molar-refractivity contribution is 4.82. The van der Waals surface area contributed by atoms with Crippen molar-refractivity contribution in [1.29, 1.82) is 0 Å². The van der Waals surface area contributed by atoms with Crippen molar-refractivity contribution >= 4 is 0 Å². The third kappa shape index (κ3) is 2.76. The molecule has 1 fully saturated rings. The fraction of sp³-hybridized carbons (Fsp3) is 0.800. The molecular weight excluding hydrogens is 192 g/mol. The molecule has 1 aliphatic heterocycles. The van der Waals surface area contributed by atoms with E-state index in [0.717, 1.165) is 19.6 Å². The van der Waals surface area contributed by atoms with Gasteiger partial charge in [0.2, 0.25) is 5.89 Å². The lowest BCUT2D eigenvalue weighted by Crippen LogP contribution is -2.41. The van der Waals surface area contributed by atoms with Crippen LogP contribution in [-0.2, 0) is 6.54 Å². The average molecular weight is 210 g/mol. The first-order valence-corrected chi connectivity index (χ1v) is 5.49. The van der Waals surface area contributed by atoms with Gasteiger partial charge in [-0.15, -0.1) is 0 Å². The van der Waals surface area contributed by atoms with Crippen LogP contribution in [0.25, 0.3) is 0 Å². The minimum Gasteiger partial charge on any atom is -0.338 e. The van der Waals surface area contributed by atoms with Crippen molar-refractivity contribution in [3.63, 3.8) is 0 Å². The minimum atomic E-state index is 0.274. The molecule has 5 nitrogen and oxygen atoms in total. The van der Waals surface area contributed by atoms with E-state index in [4.69, 9.17) is 10.3 Å². The molecule has 0 aliphatic carbocycles. The second-order valence-electron chi connectivity index (χ2n) is 4.33. The molecule has 0 amide bonds. The van der Waals surface area contributed by atoms with E-state index in [9.17, 15) is 0 Å². The van der Waals surface area contributed by atoms with Crippen molar-refractivity contribution in [3.8, 4) is 0 Å². The molecule has 2 rings (SSSR count). The van der Waals surface area contributed by atoms with Crippen LogP contribution in [-0.4, -0.2) is 34.2 Å². The summed E-state index contributed by atoms with van der Waals surface area (Å²) in [4.78, 5) is 6.37. The van der Waals surface area contributed by atoms with Crippen LogP contribution >= 0.6 is 0 Å². The average Bonchev–Trinajstić information content (AvgIpc) is 2.71. The Morgan fingerprint density at radius 1 is 1.73 bits per heavy atom. The highest BCUT2D eigenvalue weighted by Gasteiger charge is 2.23. The molecule has 0 saturated carbocycles. The monoisotopic (exact) mass is 210 g/mol. The van der Waals surface area contributed by atoms with Crippen LogP contribution in [0.15, 0.2) is 10.9 Å². The molecule has 2 heterocycles. The van der Waals surface area contributed by atoms with Crippen LogP contribution in [0.5, 0.6) is 0 Å². The van der Waals surface area contributed by atoms with E-state index in [1.165, 1.54) is 19.2 Å². The third-order valence-corrected chi connectivity index (χ3v) is 3.05. The Labute approximate surface area is 89.6 Å². The first kappa shape index (κ1) is 10.6. The Morgan fingerprint density at radius 3 is 3.27 bits per heavy atom. The lowest BCUT2D eigenvalue weighted by Gasteiger charge is -2.33. The summed E-state index contributed by atoms with van der Waals surface area (Å²) in [5, 5.41) is 3.60. The molecule has 1 saturated heterocycles. The molecule has 15 heavy (non-hydrogen) atoms. The van der Waals surface area contributed by atoms with Gasteiger partial charge in [0, 0.05) is 12.6 Å². The maximum Gasteiger partial charge on any atom is 0.240 e. The normalized spacial score (nSPS) is 25.3. The number of likely N-dealkylation sites (tertiary alicyclic amines) is 1. The summed E-state index contributed by atoms with van der Waals surface area (Å²) in [5.41, 5.74) is 5.92. The highest BCUT2D eigenvalue weighted by Crippen LogP contribution is 2.19. The molecule has 84 valence electrons. The fourth-order valence-corrected chi connectivity index (χ4v) is 2.12. The lowest BCUT2D eigenvalue weighted by atomic mass is 9.92. The Kier molecular flexibility index (Phi) is 3.33. The number of rotatable bonds is 3. The van der Waals surface area contributed by atoms with Gasteiger partial charge in [-0.3, -0.25) is 4.90 Å². The molecule has 0 aromatic carbocycles. The van der Waals surface area contributed by atoms with Crippen molar-refractivity contribution in [2.45, 2.75) is 32.4 Å². The predicted octanol–water partition coefficient (Wildman–Crippen LogP) is 0.629. The Bertz CT molecular complexity index is 286. The number of aromatic nitrogens is 2. The summed E-state index contributed by atoms with van der Waals surface area (Å²) in [6, 6.07) is 0.274. The van der Waals surface area contributed by atoms with E-state index in [2.05, 4.69) is 22.0 Å². The van der Waals surface area contributed by atoms with Gasteiger partial charge in [-0.2, -0.15) is 4.98 Å². The van der Waals surface area contributed by atoms with Crippen LogP contribution in [0, 0.1) is 5.92 Å². The summed E-state index contributed by atoms with van der Waals surface area (Å²) in [5.74, 6) is 1.29. The van der Waals surface area contributed by atoms with Crippen molar-refractivity contribution in [3.05, 3.63) is 12.2 Å². The van der Waals surface area contributed by atoms with Gasteiger partial charge in [0.05, 0.1) is 6.54 Å². The van der Waals surface area contributed by atoms with Crippen molar-refractivity contribution in [2.24, 2.45) is 11.7 Å². The number of nitrogens with two attached hydrogens (primary N) is 1. The zero-order valence-electron chi connectivity index (χ0n) is 9.09. The van der Waals surface area contributed by atoms with Gasteiger partial charge in [0.25, 0.3) is 0 Å². The number of piperidine rings is 1. The summed E-state index contributed by atoms with van der Waals surface area (Å²) in [6.07, 6.45) is 3.89. The fourth-order valence-electron chi connectivity index (χ4n) is 2.12. The number of hydrogen-bond donors (Lipinski definition) is 1. The van der Waals surface area contributed by atoms with E-state index in [0.29, 0.717) is 11.8 Å². The molecule has 5 heteroatoms. The summed E-state index contributed by atoms with van der Waals surface area (Å²) in [7, 11) is 0. The van der Waals surface area contributed by atoms with Gasteiger partial charge in [0.1, 0.15) is 0 Å². The topological polar surface area (TPSA) is 68.2 Å². The lowest BCUT2D eigenvalue weighted by molar-refractivity contribution is 0.139. The van der Waals surface area contributed by atoms with Gasteiger partial charge < -0.3 is 10.3 Å². The van der Waals surface area contributed by atoms with Gasteiger partial charge >= 0.3 is 0 Å². The Balaban J connectivity index is 1.88. The smallest absolute Gasteiger partial charge is 0.240 e. The Morgan fingerprint density at radius 2 is 2.60 bits per heavy atom. The first-order valence-electron chi connectivity index (χ1n) is 5.49. The third-order valence-electron chi connectivity index (χ3n) is 3.05. The molecule has 0 bridgehead atoms. The standard InChI is InChI=1S/C10H18N4O/c1-8(11)9-3-2-4-14(5-9)6-10-12-7-13-15-10/h7-9H,2-6,11H2,1H3. The second-order valence-corrected chi connectivity index (χ2v) is 4.33. The SMILES string of the molecule is CC(N)C1CCCN(Cc2ncno2)C1. The van der Waals surface area contributed by atoms with E-state index >= 15 is 0 Å². The summed E-state index contributed by atoms with van der Waals surface area (Å²) < 4.78 is 5.00. The van der Waals surface area contributed by atoms with Crippen LogP contribution in [0.3, 0.4) is 0 Å². The molecule has 2 N–H and O–H groups in total. The molecule has 1 aromatic rings. The quantitative estimate of drug-likeness (QED) is 0.792. The Hall–Kier alpha value is -0.940. The molecule has 2 unspecified atom stereocenters. The van der Waals surface area contributed by atoms with E-state index in [-0.39, 0.29) is 6.04 Å². The maximum absolute atomic E-state index is 5.92. The van der Waals surface area contributed by atoms with E-state index in [1.54, 1.807) is 0 Å². The minimum absolute atomic E-state index is 0.274. The van der Waals surface area contributed by atoms with Crippen molar-refractivity contribution in [1.82, 2.24) is 15.0 Å². The van der Waals surface area contributed by atoms with Gasteiger partial charge in [0.15, 0.2) is 6.33 Å². The number of nitrogens with zero attached hydrogens (tertiary/aromatic N) is 3. The van der Waals surface area contributed by atoms with E-state index in [1.807, 2.05) is 0 Å².